The Balaban J connectivity index is 2.20. The van der Waals surface area contributed by atoms with Crippen molar-refractivity contribution in [2.24, 2.45) is 0 Å². The van der Waals surface area contributed by atoms with Crippen molar-refractivity contribution in [2.45, 2.75) is 45.1 Å². The Kier molecular flexibility index (Phi) is 4.59. The number of anilines is 1. The van der Waals surface area contributed by atoms with Crippen molar-refractivity contribution in [1.29, 1.82) is 0 Å². The van der Waals surface area contributed by atoms with Crippen LogP contribution in [0.2, 0.25) is 5.02 Å². The molecule has 0 spiro atoms. The highest BCUT2D eigenvalue weighted by Gasteiger charge is 2.30. The summed E-state index contributed by atoms with van der Waals surface area (Å²) >= 11 is 6.09. The third kappa shape index (κ3) is 3.85. The Morgan fingerprint density at radius 1 is 1.25 bits per heavy atom. The molecule has 0 saturated carbocycles. The quantitative estimate of drug-likeness (QED) is 0.796. The second kappa shape index (κ2) is 5.90. The van der Waals surface area contributed by atoms with E-state index in [1.807, 2.05) is 23.1 Å². The fourth-order valence-corrected chi connectivity index (χ4v) is 2.53. The van der Waals surface area contributed by atoms with Crippen LogP contribution in [0.25, 0.3) is 0 Å². The summed E-state index contributed by atoms with van der Waals surface area (Å²) in [5.41, 5.74) is 2.11. The highest BCUT2D eigenvalue weighted by Crippen LogP contribution is 2.28. The van der Waals surface area contributed by atoms with E-state index in [1.165, 1.54) is 0 Å². The Hall–Kier alpha value is -0.810. The maximum Gasteiger partial charge on any atom is 0.0990 e. The minimum absolute atomic E-state index is 0.0175. The van der Waals surface area contributed by atoms with Gasteiger partial charge >= 0.3 is 0 Å². The molecule has 5 heteroatoms. The maximum absolute atomic E-state index is 9.70. The van der Waals surface area contributed by atoms with E-state index < -0.39 is 12.2 Å². The predicted octanol–water partition coefficient (Wildman–Crippen LogP) is 1.77. The summed E-state index contributed by atoms with van der Waals surface area (Å²) < 4.78 is 0. The van der Waals surface area contributed by atoms with Crippen LogP contribution < -0.4 is 10.2 Å². The van der Waals surface area contributed by atoms with E-state index in [1.54, 1.807) is 0 Å². The first-order valence-corrected chi connectivity index (χ1v) is 7.28. The number of halogens is 1. The molecule has 20 heavy (non-hydrogen) atoms. The number of hydrogen-bond donors (Lipinski definition) is 3. The van der Waals surface area contributed by atoms with Crippen molar-refractivity contribution < 1.29 is 10.2 Å². The van der Waals surface area contributed by atoms with Gasteiger partial charge in [0.2, 0.25) is 0 Å². The molecule has 0 amide bonds. The molecule has 0 aromatic heterocycles. The van der Waals surface area contributed by atoms with Gasteiger partial charge in [0.25, 0.3) is 0 Å². The molecule has 112 valence electrons. The van der Waals surface area contributed by atoms with E-state index >= 15 is 0 Å². The fourth-order valence-electron chi connectivity index (χ4n) is 2.33. The first kappa shape index (κ1) is 15.6. The second-order valence-electron chi connectivity index (χ2n) is 6.42. The molecule has 1 aromatic carbocycles. The van der Waals surface area contributed by atoms with Crippen LogP contribution in [0, 0.1) is 0 Å². The highest BCUT2D eigenvalue weighted by molar-refractivity contribution is 6.30. The summed E-state index contributed by atoms with van der Waals surface area (Å²) in [6.45, 7) is 7.93. The molecule has 0 radical (unpaired) electrons. The molecule has 4 nitrogen and oxygen atoms in total. The van der Waals surface area contributed by atoms with Gasteiger partial charge in [0, 0.05) is 35.9 Å². The molecular formula is C15H23ClN2O2. The second-order valence-corrected chi connectivity index (χ2v) is 6.85. The summed E-state index contributed by atoms with van der Waals surface area (Å²) in [4.78, 5) is 2.01. The van der Waals surface area contributed by atoms with Gasteiger partial charge in [-0.25, -0.2) is 0 Å². The normalized spacial score (nSPS) is 23.4. The van der Waals surface area contributed by atoms with Gasteiger partial charge in [-0.1, -0.05) is 11.6 Å². The topological polar surface area (TPSA) is 55.7 Å². The summed E-state index contributed by atoms with van der Waals surface area (Å²) in [7, 11) is 0. The van der Waals surface area contributed by atoms with Crippen molar-refractivity contribution in [3.63, 3.8) is 0 Å². The van der Waals surface area contributed by atoms with Gasteiger partial charge in [0.15, 0.2) is 0 Å². The molecular weight excluding hydrogens is 276 g/mol. The van der Waals surface area contributed by atoms with E-state index in [-0.39, 0.29) is 5.54 Å². The summed E-state index contributed by atoms with van der Waals surface area (Å²) in [5, 5.41) is 23.5. The molecule has 2 atom stereocenters. The predicted molar refractivity (Wildman–Crippen MR) is 82.3 cm³/mol. The van der Waals surface area contributed by atoms with Gasteiger partial charge in [0.05, 0.1) is 12.2 Å². The molecule has 0 bridgehead atoms. The van der Waals surface area contributed by atoms with Gasteiger partial charge in [-0.3, -0.25) is 0 Å². The molecule has 1 aliphatic rings. The number of nitrogens with zero attached hydrogens (tertiary/aromatic N) is 1. The van der Waals surface area contributed by atoms with Crippen LogP contribution in [0.15, 0.2) is 18.2 Å². The van der Waals surface area contributed by atoms with E-state index in [4.69, 9.17) is 11.6 Å². The number of β-amino-alcohol motifs (C(OH)–C–C–N with tert-alkyl or cyclic N) is 2. The van der Waals surface area contributed by atoms with Crippen LogP contribution in [-0.2, 0) is 6.54 Å². The van der Waals surface area contributed by atoms with Crippen molar-refractivity contribution in [2.75, 3.05) is 18.0 Å². The van der Waals surface area contributed by atoms with Gasteiger partial charge in [-0.05, 0) is 44.5 Å². The van der Waals surface area contributed by atoms with Crippen molar-refractivity contribution in [3.05, 3.63) is 28.8 Å². The molecule has 2 rings (SSSR count). The average Bonchev–Trinajstić information content (AvgIpc) is 2.66. The molecule has 0 aliphatic carbocycles. The third-order valence-corrected chi connectivity index (χ3v) is 3.69. The molecule has 2 unspecified atom stereocenters. The minimum Gasteiger partial charge on any atom is -0.389 e. The van der Waals surface area contributed by atoms with Gasteiger partial charge in [-0.2, -0.15) is 0 Å². The van der Waals surface area contributed by atoms with Crippen molar-refractivity contribution in [3.8, 4) is 0 Å². The van der Waals surface area contributed by atoms with E-state index in [9.17, 15) is 10.2 Å². The van der Waals surface area contributed by atoms with Crippen LogP contribution in [0.5, 0.6) is 0 Å². The largest absolute Gasteiger partial charge is 0.389 e. The lowest BCUT2D eigenvalue weighted by molar-refractivity contribution is 0.0572. The molecule has 3 N–H and O–H groups in total. The van der Waals surface area contributed by atoms with E-state index in [2.05, 4.69) is 26.1 Å². The maximum atomic E-state index is 9.70. The Bertz CT molecular complexity index is 463. The van der Waals surface area contributed by atoms with Crippen molar-refractivity contribution in [1.82, 2.24) is 5.32 Å². The highest BCUT2D eigenvalue weighted by atomic mass is 35.5. The van der Waals surface area contributed by atoms with E-state index in [0.29, 0.717) is 24.7 Å². The van der Waals surface area contributed by atoms with Crippen LogP contribution in [0.1, 0.15) is 26.3 Å². The molecule has 1 heterocycles. The Morgan fingerprint density at radius 2 is 1.85 bits per heavy atom. The third-order valence-electron chi connectivity index (χ3n) is 3.45. The number of rotatable bonds is 3. The van der Waals surface area contributed by atoms with Crippen LogP contribution in [0.3, 0.4) is 0 Å². The van der Waals surface area contributed by atoms with Gasteiger partial charge < -0.3 is 20.4 Å². The molecule has 1 aliphatic heterocycles. The van der Waals surface area contributed by atoms with Gasteiger partial charge in [0.1, 0.15) is 0 Å². The van der Waals surface area contributed by atoms with Crippen LogP contribution >= 0.6 is 11.6 Å². The first-order chi connectivity index (χ1) is 9.26. The standard InChI is InChI=1S/C15H23ClN2O2/c1-15(2,3)17-7-10-6-11(16)4-5-12(10)18-8-13(19)14(20)9-18/h4-6,13-14,17,19-20H,7-9H2,1-3H3. The lowest BCUT2D eigenvalue weighted by Crippen LogP contribution is -2.35. The zero-order chi connectivity index (χ0) is 14.9. The SMILES string of the molecule is CC(C)(C)NCc1cc(Cl)ccc1N1CC(O)C(O)C1. The van der Waals surface area contributed by atoms with Crippen LogP contribution in [-0.4, -0.2) is 41.0 Å². The first-order valence-electron chi connectivity index (χ1n) is 6.91. The lowest BCUT2D eigenvalue weighted by atomic mass is 10.1. The summed E-state index contributed by atoms with van der Waals surface area (Å²) in [6, 6.07) is 5.73. The number of hydrogen-bond acceptors (Lipinski definition) is 4. The number of benzene rings is 1. The summed E-state index contributed by atoms with van der Waals surface area (Å²) in [5.74, 6) is 0. The lowest BCUT2D eigenvalue weighted by Gasteiger charge is -2.25. The molecule has 1 fully saturated rings. The van der Waals surface area contributed by atoms with Crippen LogP contribution in [0.4, 0.5) is 5.69 Å². The smallest absolute Gasteiger partial charge is 0.0990 e. The minimum atomic E-state index is -0.686. The Morgan fingerprint density at radius 3 is 2.40 bits per heavy atom. The Labute approximate surface area is 125 Å². The van der Waals surface area contributed by atoms with Gasteiger partial charge in [-0.15, -0.1) is 0 Å². The average molecular weight is 299 g/mol. The zero-order valence-electron chi connectivity index (χ0n) is 12.2. The molecule has 1 aromatic rings. The number of nitrogens with one attached hydrogen (secondary N) is 1. The van der Waals surface area contributed by atoms with Crippen molar-refractivity contribution >= 4 is 17.3 Å². The number of aliphatic hydroxyl groups excluding tert-OH is 2. The fraction of sp³-hybridized carbons (Fsp3) is 0.600. The zero-order valence-corrected chi connectivity index (χ0v) is 13.0. The van der Waals surface area contributed by atoms with E-state index in [0.717, 1.165) is 11.3 Å². The summed E-state index contributed by atoms with van der Waals surface area (Å²) in [6.07, 6.45) is -1.37. The number of aliphatic hydroxyl groups is 2. The monoisotopic (exact) mass is 298 g/mol. The molecule has 1 saturated heterocycles.